The molecule has 8 heteroatoms. The van der Waals surface area contributed by atoms with Crippen molar-refractivity contribution in [2.45, 2.75) is 11.8 Å². The summed E-state index contributed by atoms with van der Waals surface area (Å²) in [6, 6.07) is 19.3. The summed E-state index contributed by atoms with van der Waals surface area (Å²) >= 11 is 6.57. The molecule has 0 aliphatic carbocycles. The largest absolute Gasteiger partial charge is 0.307 e. The van der Waals surface area contributed by atoms with Crippen molar-refractivity contribution in [2.75, 3.05) is 5.75 Å². The van der Waals surface area contributed by atoms with Crippen LogP contribution >= 0.6 is 11.6 Å². The van der Waals surface area contributed by atoms with Crippen molar-refractivity contribution in [2.24, 2.45) is 0 Å². The van der Waals surface area contributed by atoms with Gasteiger partial charge in [-0.1, -0.05) is 54.9 Å². The average molecular weight is 476 g/mol. The summed E-state index contributed by atoms with van der Waals surface area (Å²) in [5, 5.41) is 1.54. The molecule has 0 unspecified atom stereocenters. The van der Waals surface area contributed by atoms with E-state index in [4.69, 9.17) is 16.6 Å². The van der Waals surface area contributed by atoms with Gasteiger partial charge < -0.3 is 4.98 Å². The predicted octanol–water partition coefficient (Wildman–Crippen LogP) is 5.25. The number of rotatable bonds is 4. The first-order valence-electron chi connectivity index (χ1n) is 10.3. The minimum absolute atomic E-state index is 0.115. The van der Waals surface area contributed by atoms with Crippen LogP contribution in [0.25, 0.3) is 44.3 Å². The van der Waals surface area contributed by atoms with Crippen molar-refractivity contribution in [1.82, 2.24) is 15.0 Å². The minimum atomic E-state index is -3.73. The lowest BCUT2D eigenvalue weighted by atomic mass is 9.96. The highest BCUT2D eigenvalue weighted by Gasteiger charge is 2.27. The maximum Gasteiger partial charge on any atom is 0.249 e. The highest BCUT2D eigenvalue weighted by Crippen LogP contribution is 2.42. The Labute approximate surface area is 194 Å². The molecule has 5 rings (SSSR count). The van der Waals surface area contributed by atoms with Crippen molar-refractivity contribution < 1.29 is 8.42 Å². The van der Waals surface area contributed by atoms with Crippen molar-refractivity contribution in [3.05, 3.63) is 88.3 Å². The van der Waals surface area contributed by atoms with E-state index in [9.17, 15) is 13.2 Å². The molecule has 33 heavy (non-hydrogen) atoms. The fraction of sp³-hybridized carbons (Fsp3) is 0.0800. The van der Waals surface area contributed by atoms with Crippen LogP contribution in [0, 0.1) is 0 Å². The molecule has 1 N–H and O–H groups in total. The van der Waals surface area contributed by atoms with Crippen LogP contribution in [0.15, 0.2) is 82.6 Å². The van der Waals surface area contributed by atoms with Crippen LogP contribution in [0.5, 0.6) is 0 Å². The number of aromatic amines is 1. The molecular formula is C25H18ClN3O3S. The number of halogens is 1. The Hall–Kier alpha value is -3.55. The van der Waals surface area contributed by atoms with Crippen molar-refractivity contribution in [3.63, 3.8) is 0 Å². The van der Waals surface area contributed by atoms with Gasteiger partial charge in [0.25, 0.3) is 0 Å². The number of hydrogen-bond acceptors (Lipinski definition) is 5. The smallest absolute Gasteiger partial charge is 0.249 e. The van der Waals surface area contributed by atoms with Crippen LogP contribution in [0.4, 0.5) is 0 Å². The SMILES string of the molecule is CCS(=O)(=O)c1c(-c2cc(Cl)c3ncccc3c2)c(-c2ccccc2)nc2[nH]c(=O)ccc12. The van der Waals surface area contributed by atoms with Gasteiger partial charge in [-0.3, -0.25) is 9.78 Å². The summed E-state index contributed by atoms with van der Waals surface area (Å²) in [5.41, 5.74) is 2.68. The predicted molar refractivity (Wildman–Crippen MR) is 131 cm³/mol. The molecular weight excluding hydrogens is 458 g/mol. The second kappa shape index (κ2) is 8.10. The number of sulfone groups is 1. The molecule has 0 bridgehead atoms. The summed E-state index contributed by atoms with van der Waals surface area (Å²) < 4.78 is 26.9. The van der Waals surface area contributed by atoms with Gasteiger partial charge in [-0.25, -0.2) is 13.4 Å². The van der Waals surface area contributed by atoms with E-state index in [2.05, 4.69) is 9.97 Å². The zero-order valence-electron chi connectivity index (χ0n) is 17.5. The lowest BCUT2D eigenvalue weighted by Gasteiger charge is -2.18. The summed E-state index contributed by atoms with van der Waals surface area (Å²) in [6.07, 6.45) is 1.66. The Morgan fingerprint density at radius 2 is 1.76 bits per heavy atom. The van der Waals surface area contributed by atoms with Gasteiger partial charge in [0.2, 0.25) is 5.56 Å². The first-order valence-corrected chi connectivity index (χ1v) is 12.3. The van der Waals surface area contributed by atoms with Gasteiger partial charge in [0.05, 0.1) is 26.9 Å². The molecule has 3 aromatic heterocycles. The van der Waals surface area contributed by atoms with E-state index in [0.29, 0.717) is 38.3 Å². The van der Waals surface area contributed by atoms with Gasteiger partial charge in [0.15, 0.2) is 9.84 Å². The minimum Gasteiger partial charge on any atom is -0.307 e. The van der Waals surface area contributed by atoms with E-state index in [1.807, 2.05) is 42.5 Å². The van der Waals surface area contributed by atoms with E-state index in [1.165, 1.54) is 12.1 Å². The van der Waals surface area contributed by atoms with E-state index in [1.54, 1.807) is 25.3 Å². The van der Waals surface area contributed by atoms with Crippen LogP contribution in [-0.4, -0.2) is 29.1 Å². The topological polar surface area (TPSA) is 92.8 Å². The molecule has 5 aromatic rings. The highest BCUT2D eigenvalue weighted by molar-refractivity contribution is 7.91. The molecule has 0 aliphatic rings. The fourth-order valence-corrected chi connectivity index (χ4v) is 5.57. The Morgan fingerprint density at radius 3 is 2.52 bits per heavy atom. The van der Waals surface area contributed by atoms with E-state index in [0.717, 1.165) is 5.39 Å². The molecule has 0 fully saturated rings. The third-order valence-corrected chi connectivity index (χ3v) is 7.61. The van der Waals surface area contributed by atoms with Crippen molar-refractivity contribution >= 4 is 43.4 Å². The number of benzene rings is 2. The molecule has 0 aliphatic heterocycles. The summed E-state index contributed by atoms with van der Waals surface area (Å²) in [6.45, 7) is 1.59. The molecule has 0 atom stereocenters. The highest BCUT2D eigenvalue weighted by atomic mass is 35.5. The number of hydrogen-bond donors (Lipinski definition) is 1. The molecule has 0 amide bonds. The van der Waals surface area contributed by atoms with Crippen LogP contribution in [0.2, 0.25) is 5.02 Å². The van der Waals surface area contributed by atoms with Crippen molar-refractivity contribution in [1.29, 1.82) is 0 Å². The average Bonchev–Trinajstić information content (AvgIpc) is 2.83. The van der Waals surface area contributed by atoms with E-state index >= 15 is 0 Å². The van der Waals surface area contributed by atoms with Gasteiger partial charge in [-0.2, -0.15) is 0 Å². The molecule has 6 nitrogen and oxygen atoms in total. The Kier molecular flexibility index (Phi) is 5.23. The van der Waals surface area contributed by atoms with Crippen molar-refractivity contribution in [3.8, 4) is 22.4 Å². The number of aromatic nitrogens is 3. The third-order valence-electron chi connectivity index (χ3n) is 5.52. The summed E-state index contributed by atoms with van der Waals surface area (Å²) in [5.74, 6) is -0.116. The second-order valence-electron chi connectivity index (χ2n) is 7.55. The molecule has 0 saturated heterocycles. The van der Waals surface area contributed by atoms with Gasteiger partial charge >= 0.3 is 0 Å². The molecule has 0 saturated carbocycles. The lowest BCUT2D eigenvalue weighted by molar-refractivity contribution is 0.598. The first kappa shape index (κ1) is 21.3. The molecule has 0 radical (unpaired) electrons. The Morgan fingerprint density at radius 1 is 0.970 bits per heavy atom. The van der Waals surface area contributed by atoms with Crippen LogP contribution in [0.3, 0.4) is 0 Å². The third kappa shape index (κ3) is 3.69. The zero-order chi connectivity index (χ0) is 23.2. The number of nitrogens with one attached hydrogen (secondary N) is 1. The second-order valence-corrected chi connectivity index (χ2v) is 10.2. The van der Waals surface area contributed by atoms with Crippen LogP contribution in [-0.2, 0) is 9.84 Å². The number of H-pyrrole nitrogens is 1. The normalized spacial score (nSPS) is 11.8. The van der Waals surface area contributed by atoms with Crippen LogP contribution in [0.1, 0.15) is 6.92 Å². The quantitative estimate of drug-likeness (QED) is 0.383. The monoisotopic (exact) mass is 475 g/mol. The summed E-state index contributed by atoms with van der Waals surface area (Å²) in [7, 11) is -3.73. The van der Waals surface area contributed by atoms with E-state index in [-0.39, 0.29) is 21.9 Å². The van der Waals surface area contributed by atoms with E-state index < -0.39 is 9.84 Å². The van der Waals surface area contributed by atoms with Gasteiger partial charge in [0, 0.05) is 34.2 Å². The number of pyridine rings is 3. The standard InChI is InChI=1S/C25H18ClN3O3S/c1-2-33(31,32)24-18-10-11-20(30)28-25(18)29-23(15-7-4-3-5-8-15)21(24)17-13-16-9-6-12-27-22(16)19(26)14-17/h3-14H,2H2,1H3,(H,28,29,30). The van der Waals surface area contributed by atoms with Crippen LogP contribution < -0.4 is 5.56 Å². The summed E-state index contributed by atoms with van der Waals surface area (Å²) in [4.78, 5) is 23.9. The van der Waals surface area contributed by atoms with Gasteiger partial charge in [-0.15, -0.1) is 0 Å². The Balaban J connectivity index is 2.02. The maximum atomic E-state index is 13.5. The molecule has 164 valence electrons. The lowest BCUT2D eigenvalue weighted by Crippen LogP contribution is -2.12. The van der Waals surface area contributed by atoms with Gasteiger partial charge in [0.1, 0.15) is 5.65 Å². The molecule has 0 spiro atoms. The molecule has 2 aromatic carbocycles. The number of nitrogens with zero attached hydrogens (tertiary/aromatic N) is 2. The molecule has 3 heterocycles. The Bertz CT molecular complexity index is 1700. The first-order chi connectivity index (χ1) is 15.9. The fourth-order valence-electron chi connectivity index (χ4n) is 3.98. The zero-order valence-corrected chi connectivity index (χ0v) is 19.1. The number of fused-ring (bicyclic) bond motifs is 2. The van der Waals surface area contributed by atoms with Gasteiger partial charge in [-0.05, 0) is 29.8 Å². The maximum absolute atomic E-state index is 13.5.